The molecule has 0 aliphatic carbocycles. The zero-order chi connectivity index (χ0) is 22.3. The van der Waals surface area contributed by atoms with Crippen LogP contribution in [-0.4, -0.2) is 37.3 Å². The summed E-state index contributed by atoms with van der Waals surface area (Å²) >= 11 is 6.78. The minimum atomic E-state index is -0.773. The van der Waals surface area contributed by atoms with Crippen LogP contribution in [0.1, 0.15) is 36.7 Å². The van der Waals surface area contributed by atoms with Crippen LogP contribution in [0.3, 0.4) is 0 Å². The SMILES string of the molecule is COc1cc(C=NNC(=O)C(C)NC(=O)c2ccccc2Br)cc(Br)c1OC(C)C. The van der Waals surface area contributed by atoms with Crippen LogP contribution in [0.2, 0.25) is 0 Å². The second-order valence-electron chi connectivity index (χ2n) is 6.61. The van der Waals surface area contributed by atoms with Crippen LogP contribution in [0, 0.1) is 0 Å². The lowest BCUT2D eigenvalue weighted by molar-refractivity contribution is -0.122. The third kappa shape index (κ3) is 6.56. The number of rotatable bonds is 8. The van der Waals surface area contributed by atoms with Crippen molar-refractivity contribution in [2.45, 2.75) is 32.9 Å². The minimum absolute atomic E-state index is 0.0118. The highest BCUT2D eigenvalue weighted by Crippen LogP contribution is 2.36. The number of amides is 2. The van der Waals surface area contributed by atoms with Gasteiger partial charge in [0.15, 0.2) is 11.5 Å². The van der Waals surface area contributed by atoms with Crippen LogP contribution in [-0.2, 0) is 4.79 Å². The Morgan fingerprint density at radius 1 is 1.10 bits per heavy atom. The molecule has 0 fully saturated rings. The summed E-state index contributed by atoms with van der Waals surface area (Å²) in [6, 6.07) is 9.75. The number of nitrogens with one attached hydrogen (secondary N) is 2. The van der Waals surface area contributed by atoms with Gasteiger partial charge < -0.3 is 14.8 Å². The lowest BCUT2D eigenvalue weighted by Crippen LogP contribution is -2.43. The summed E-state index contributed by atoms with van der Waals surface area (Å²) < 4.78 is 12.5. The van der Waals surface area contributed by atoms with Crippen molar-refractivity contribution < 1.29 is 19.1 Å². The van der Waals surface area contributed by atoms with Gasteiger partial charge in [-0.3, -0.25) is 9.59 Å². The molecule has 0 aromatic heterocycles. The van der Waals surface area contributed by atoms with Crippen molar-refractivity contribution >= 4 is 49.9 Å². The van der Waals surface area contributed by atoms with Gasteiger partial charge in [0.1, 0.15) is 6.04 Å². The highest BCUT2D eigenvalue weighted by atomic mass is 79.9. The Hall–Kier alpha value is -2.39. The van der Waals surface area contributed by atoms with E-state index in [1.807, 2.05) is 13.8 Å². The second kappa shape index (κ2) is 11.1. The van der Waals surface area contributed by atoms with Crippen molar-refractivity contribution in [3.63, 3.8) is 0 Å². The van der Waals surface area contributed by atoms with E-state index in [0.717, 1.165) is 0 Å². The van der Waals surface area contributed by atoms with Gasteiger partial charge in [-0.05, 0) is 82.5 Å². The average molecular weight is 541 g/mol. The van der Waals surface area contributed by atoms with Gasteiger partial charge >= 0.3 is 0 Å². The predicted molar refractivity (Wildman–Crippen MR) is 123 cm³/mol. The van der Waals surface area contributed by atoms with Crippen molar-refractivity contribution in [3.8, 4) is 11.5 Å². The fraction of sp³-hybridized carbons (Fsp3) is 0.286. The molecule has 7 nitrogen and oxygen atoms in total. The molecule has 0 heterocycles. The molecule has 0 saturated heterocycles. The van der Waals surface area contributed by atoms with Crippen LogP contribution in [0.4, 0.5) is 0 Å². The number of methoxy groups -OCH3 is 1. The van der Waals surface area contributed by atoms with E-state index in [4.69, 9.17) is 9.47 Å². The Morgan fingerprint density at radius 3 is 2.43 bits per heavy atom. The van der Waals surface area contributed by atoms with Crippen molar-refractivity contribution in [1.82, 2.24) is 10.7 Å². The summed E-state index contributed by atoms with van der Waals surface area (Å²) in [5, 5.41) is 6.60. The zero-order valence-electron chi connectivity index (χ0n) is 17.0. The molecule has 0 aliphatic rings. The molecular weight excluding hydrogens is 518 g/mol. The maximum atomic E-state index is 12.3. The summed E-state index contributed by atoms with van der Waals surface area (Å²) in [5.41, 5.74) is 3.56. The minimum Gasteiger partial charge on any atom is -0.493 e. The second-order valence-corrected chi connectivity index (χ2v) is 8.32. The van der Waals surface area contributed by atoms with E-state index in [9.17, 15) is 9.59 Å². The predicted octanol–water partition coefficient (Wildman–Crippen LogP) is 4.28. The van der Waals surface area contributed by atoms with Gasteiger partial charge in [0, 0.05) is 4.47 Å². The highest BCUT2D eigenvalue weighted by Gasteiger charge is 2.18. The molecule has 0 spiro atoms. The maximum absolute atomic E-state index is 12.3. The van der Waals surface area contributed by atoms with Gasteiger partial charge in [0.2, 0.25) is 0 Å². The van der Waals surface area contributed by atoms with E-state index in [1.54, 1.807) is 50.4 Å². The lowest BCUT2D eigenvalue weighted by Gasteiger charge is -2.15. The number of hydrogen-bond acceptors (Lipinski definition) is 5. The molecule has 2 aromatic carbocycles. The van der Waals surface area contributed by atoms with E-state index in [1.165, 1.54) is 6.21 Å². The largest absolute Gasteiger partial charge is 0.493 e. The third-order valence-corrected chi connectivity index (χ3v) is 5.13. The van der Waals surface area contributed by atoms with E-state index >= 15 is 0 Å². The summed E-state index contributed by atoms with van der Waals surface area (Å²) in [5.74, 6) is 0.331. The van der Waals surface area contributed by atoms with E-state index in [2.05, 4.69) is 47.7 Å². The number of ether oxygens (including phenoxy) is 2. The Morgan fingerprint density at radius 2 is 1.80 bits per heavy atom. The van der Waals surface area contributed by atoms with Gasteiger partial charge in [0.05, 0.1) is 29.5 Å². The molecule has 30 heavy (non-hydrogen) atoms. The molecule has 2 rings (SSSR count). The van der Waals surface area contributed by atoms with E-state index in [0.29, 0.717) is 31.6 Å². The monoisotopic (exact) mass is 539 g/mol. The standard InChI is InChI=1S/C21H23Br2N3O4/c1-12(2)30-19-17(23)9-14(10-18(19)29-4)11-24-26-20(27)13(3)25-21(28)15-7-5-6-8-16(15)22/h5-13H,1-4H3,(H,25,28)(H,26,27). The molecule has 2 aromatic rings. The lowest BCUT2D eigenvalue weighted by atomic mass is 10.2. The Labute approximate surface area is 192 Å². The first-order valence-corrected chi connectivity index (χ1v) is 10.7. The number of nitrogens with zero attached hydrogens (tertiary/aromatic N) is 1. The molecule has 9 heteroatoms. The maximum Gasteiger partial charge on any atom is 0.262 e. The average Bonchev–Trinajstić information content (AvgIpc) is 2.69. The Kier molecular flexibility index (Phi) is 8.86. The number of hydrazone groups is 1. The quantitative estimate of drug-likeness (QED) is 0.386. The number of hydrogen-bond donors (Lipinski definition) is 2. The van der Waals surface area contributed by atoms with Crippen molar-refractivity contribution in [3.05, 3.63) is 56.5 Å². The van der Waals surface area contributed by atoms with Crippen molar-refractivity contribution in [2.75, 3.05) is 7.11 Å². The first-order chi connectivity index (χ1) is 14.2. The number of halogens is 2. The Balaban J connectivity index is 2.00. The Bertz CT molecular complexity index is 948. The fourth-order valence-corrected chi connectivity index (χ4v) is 3.43. The van der Waals surface area contributed by atoms with E-state index in [-0.39, 0.29) is 12.0 Å². The molecule has 0 bridgehead atoms. The first-order valence-electron chi connectivity index (χ1n) is 9.15. The zero-order valence-corrected chi connectivity index (χ0v) is 20.2. The fourth-order valence-electron chi connectivity index (χ4n) is 2.42. The smallest absolute Gasteiger partial charge is 0.262 e. The van der Waals surface area contributed by atoms with Crippen LogP contribution in [0.25, 0.3) is 0 Å². The number of carbonyl (C=O) groups excluding carboxylic acids is 2. The van der Waals surface area contributed by atoms with Gasteiger partial charge in [-0.25, -0.2) is 5.43 Å². The number of carbonyl (C=O) groups is 2. The van der Waals surface area contributed by atoms with Gasteiger partial charge in [-0.1, -0.05) is 12.1 Å². The van der Waals surface area contributed by atoms with Crippen molar-refractivity contribution in [1.29, 1.82) is 0 Å². The highest BCUT2D eigenvalue weighted by molar-refractivity contribution is 9.10. The number of benzene rings is 2. The van der Waals surface area contributed by atoms with Crippen LogP contribution in [0.15, 0.2) is 50.4 Å². The molecule has 0 aliphatic heterocycles. The van der Waals surface area contributed by atoms with Crippen LogP contribution >= 0.6 is 31.9 Å². The summed E-state index contributed by atoms with van der Waals surface area (Å²) in [4.78, 5) is 24.5. The molecule has 0 saturated carbocycles. The molecule has 1 atom stereocenters. The molecule has 0 radical (unpaired) electrons. The molecule has 160 valence electrons. The van der Waals surface area contributed by atoms with Crippen molar-refractivity contribution in [2.24, 2.45) is 5.10 Å². The van der Waals surface area contributed by atoms with Gasteiger partial charge in [0.25, 0.3) is 11.8 Å². The van der Waals surface area contributed by atoms with E-state index < -0.39 is 11.9 Å². The summed E-state index contributed by atoms with van der Waals surface area (Å²) in [6.45, 7) is 5.43. The summed E-state index contributed by atoms with van der Waals surface area (Å²) in [6.07, 6.45) is 1.47. The normalized spacial score (nSPS) is 12.0. The molecule has 2 amide bonds. The molecule has 2 N–H and O–H groups in total. The topological polar surface area (TPSA) is 89.0 Å². The third-order valence-electron chi connectivity index (χ3n) is 3.85. The summed E-state index contributed by atoms with van der Waals surface area (Å²) in [7, 11) is 1.55. The first kappa shape index (κ1) is 23.9. The van der Waals surface area contributed by atoms with Gasteiger partial charge in [-0.2, -0.15) is 5.10 Å². The molecule has 1 unspecified atom stereocenters. The van der Waals surface area contributed by atoms with Crippen LogP contribution < -0.4 is 20.2 Å². The molecular formula is C21H23Br2N3O4. The van der Waals surface area contributed by atoms with Gasteiger partial charge in [-0.15, -0.1) is 0 Å². The van der Waals surface area contributed by atoms with Crippen LogP contribution in [0.5, 0.6) is 11.5 Å².